The summed E-state index contributed by atoms with van der Waals surface area (Å²) in [7, 11) is -3.88. The zero-order chi connectivity index (χ0) is 21.1. The van der Waals surface area contributed by atoms with Gasteiger partial charge in [0.05, 0.1) is 16.5 Å². The van der Waals surface area contributed by atoms with E-state index in [1.807, 2.05) is 30.3 Å². The monoisotopic (exact) mass is 417 g/mol. The van der Waals surface area contributed by atoms with Crippen molar-refractivity contribution in [2.24, 2.45) is 0 Å². The first-order valence-corrected chi connectivity index (χ1v) is 10.9. The van der Waals surface area contributed by atoms with Crippen molar-refractivity contribution in [2.45, 2.75) is 23.9 Å². The first kappa shape index (κ1) is 19.8. The van der Waals surface area contributed by atoms with E-state index in [0.717, 1.165) is 11.1 Å². The van der Waals surface area contributed by atoms with Gasteiger partial charge in [0.1, 0.15) is 6.04 Å². The molecular weight excluding hydrogens is 398 g/mol. The van der Waals surface area contributed by atoms with Crippen LogP contribution < -0.4 is 5.32 Å². The van der Waals surface area contributed by atoms with Crippen LogP contribution in [-0.4, -0.2) is 24.7 Å². The van der Waals surface area contributed by atoms with Gasteiger partial charge in [0.15, 0.2) is 0 Å². The maximum atomic E-state index is 13.4. The highest BCUT2D eigenvalue weighted by Crippen LogP contribution is 2.29. The van der Waals surface area contributed by atoms with Crippen molar-refractivity contribution in [3.63, 3.8) is 0 Å². The Bertz CT molecular complexity index is 1230. The molecule has 6 nitrogen and oxygen atoms in total. The van der Waals surface area contributed by atoms with E-state index >= 15 is 0 Å². The van der Waals surface area contributed by atoms with Crippen molar-refractivity contribution in [3.8, 4) is 6.07 Å². The second kappa shape index (κ2) is 8.11. The highest BCUT2D eigenvalue weighted by molar-refractivity contribution is 7.89. The summed E-state index contributed by atoms with van der Waals surface area (Å²) >= 11 is 0. The largest absolute Gasteiger partial charge is 0.325 e. The molecule has 0 aromatic heterocycles. The molecule has 7 heteroatoms. The molecule has 0 fully saturated rings. The highest BCUT2D eigenvalue weighted by atomic mass is 32.2. The summed E-state index contributed by atoms with van der Waals surface area (Å²) < 4.78 is 28.0. The van der Waals surface area contributed by atoms with Crippen molar-refractivity contribution in [1.29, 1.82) is 5.26 Å². The van der Waals surface area contributed by atoms with Crippen LogP contribution in [0, 0.1) is 11.3 Å². The number of nitrogens with one attached hydrogen (secondary N) is 1. The van der Waals surface area contributed by atoms with E-state index in [0.29, 0.717) is 11.3 Å². The van der Waals surface area contributed by atoms with E-state index in [1.54, 1.807) is 42.5 Å². The highest BCUT2D eigenvalue weighted by Gasteiger charge is 2.39. The van der Waals surface area contributed by atoms with Gasteiger partial charge in [-0.25, -0.2) is 8.42 Å². The Labute approximate surface area is 175 Å². The quantitative estimate of drug-likeness (QED) is 0.705. The Morgan fingerprint density at radius 2 is 1.67 bits per heavy atom. The minimum absolute atomic E-state index is 0.115. The number of nitrogens with zero attached hydrogens (tertiary/aromatic N) is 2. The number of fused-ring (bicyclic) bond motifs is 1. The van der Waals surface area contributed by atoms with E-state index in [4.69, 9.17) is 5.26 Å². The fraction of sp³-hybridized carbons (Fsp3) is 0.130. The third kappa shape index (κ3) is 3.83. The molecule has 4 rings (SSSR count). The Balaban J connectivity index is 1.71. The number of hydrogen-bond donors (Lipinski definition) is 1. The third-order valence-corrected chi connectivity index (χ3v) is 6.99. The summed E-state index contributed by atoms with van der Waals surface area (Å²) in [6, 6.07) is 23.3. The number of hydrogen-bond acceptors (Lipinski definition) is 4. The lowest BCUT2D eigenvalue weighted by Crippen LogP contribution is -2.50. The van der Waals surface area contributed by atoms with Crippen LogP contribution in [0.4, 0.5) is 5.69 Å². The second-order valence-electron chi connectivity index (χ2n) is 7.03. The van der Waals surface area contributed by atoms with Crippen molar-refractivity contribution >= 4 is 21.6 Å². The molecule has 3 aromatic carbocycles. The summed E-state index contributed by atoms with van der Waals surface area (Å²) in [4.78, 5) is 13.3. The van der Waals surface area contributed by atoms with Gasteiger partial charge in [0, 0.05) is 12.2 Å². The molecule has 0 bridgehead atoms. The fourth-order valence-electron chi connectivity index (χ4n) is 3.59. The summed E-state index contributed by atoms with van der Waals surface area (Å²) in [5, 5.41) is 11.9. The molecule has 3 aromatic rings. The number of anilines is 1. The standard InChI is InChI=1S/C23H19N3O3S/c24-15-17-7-6-10-20(13-17)25-23(27)22-14-18-8-4-5-9-19(18)16-26(22)30(28,29)21-11-2-1-3-12-21/h1-13,22H,14,16H2,(H,25,27)/t22-/m0/s1. The van der Waals surface area contributed by atoms with Crippen LogP contribution in [0.5, 0.6) is 0 Å². The Morgan fingerprint density at radius 3 is 2.40 bits per heavy atom. The minimum Gasteiger partial charge on any atom is -0.325 e. The molecule has 0 aliphatic carbocycles. The van der Waals surface area contributed by atoms with Gasteiger partial charge in [-0.1, -0.05) is 48.5 Å². The average molecular weight is 417 g/mol. The van der Waals surface area contributed by atoms with E-state index in [1.165, 1.54) is 16.4 Å². The van der Waals surface area contributed by atoms with Gasteiger partial charge in [-0.15, -0.1) is 0 Å². The predicted molar refractivity (Wildman–Crippen MR) is 113 cm³/mol. The van der Waals surface area contributed by atoms with Crippen LogP contribution in [-0.2, 0) is 27.8 Å². The van der Waals surface area contributed by atoms with Crippen LogP contribution in [0.1, 0.15) is 16.7 Å². The number of nitriles is 1. The normalized spacial score (nSPS) is 16.3. The van der Waals surface area contributed by atoms with Gasteiger partial charge in [-0.2, -0.15) is 9.57 Å². The maximum absolute atomic E-state index is 13.4. The van der Waals surface area contributed by atoms with Crippen molar-refractivity contribution < 1.29 is 13.2 Å². The molecular formula is C23H19N3O3S. The second-order valence-corrected chi connectivity index (χ2v) is 8.92. The summed E-state index contributed by atoms with van der Waals surface area (Å²) in [5.74, 6) is -0.431. The van der Waals surface area contributed by atoms with E-state index in [9.17, 15) is 13.2 Å². The first-order valence-electron chi connectivity index (χ1n) is 9.44. The van der Waals surface area contributed by atoms with Gasteiger partial charge in [0.2, 0.25) is 15.9 Å². The molecule has 0 saturated heterocycles. The molecule has 150 valence electrons. The predicted octanol–water partition coefficient (Wildman–Crippen LogP) is 3.31. The van der Waals surface area contributed by atoms with Crippen LogP contribution in [0.2, 0.25) is 0 Å². The topological polar surface area (TPSA) is 90.3 Å². The van der Waals surface area contributed by atoms with Gasteiger partial charge in [-0.05, 0) is 47.9 Å². The number of amides is 1. The number of sulfonamides is 1. The molecule has 1 atom stereocenters. The molecule has 0 radical (unpaired) electrons. The molecule has 0 spiro atoms. The Kier molecular flexibility index (Phi) is 5.36. The maximum Gasteiger partial charge on any atom is 0.244 e. The molecule has 0 unspecified atom stereocenters. The number of carbonyl (C=O) groups is 1. The number of carbonyl (C=O) groups excluding carboxylic acids is 1. The van der Waals surface area contributed by atoms with E-state index < -0.39 is 22.0 Å². The first-order chi connectivity index (χ1) is 14.5. The van der Waals surface area contributed by atoms with Crippen molar-refractivity contribution in [2.75, 3.05) is 5.32 Å². The molecule has 1 amide bonds. The van der Waals surface area contributed by atoms with Gasteiger partial charge >= 0.3 is 0 Å². The molecule has 0 saturated carbocycles. The zero-order valence-corrected chi connectivity index (χ0v) is 16.8. The van der Waals surface area contributed by atoms with Gasteiger partial charge in [-0.3, -0.25) is 4.79 Å². The van der Waals surface area contributed by atoms with E-state index in [-0.39, 0.29) is 17.9 Å². The summed E-state index contributed by atoms with van der Waals surface area (Å²) in [6.07, 6.45) is 0.270. The van der Waals surface area contributed by atoms with Crippen LogP contribution >= 0.6 is 0 Å². The van der Waals surface area contributed by atoms with Crippen molar-refractivity contribution in [1.82, 2.24) is 4.31 Å². The SMILES string of the molecule is N#Cc1cccc(NC(=O)[C@@H]2Cc3ccccc3CN2S(=O)(=O)c2ccccc2)c1. The molecule has 1 aliphatic heterocycles. The number of benzene rings is 3. The lowest BCUT2D eigenvalue weighted by Gasteiger charge is -2.35. The average Bonchev–Trinajstić information content (AvgIpc) is 2.79. The van der Waals surface area contributed by atoms with Crippen molar-refractivity contribution in [3.05, 3.63) is 95.6 Å². The molecule has 1 aliphatic rings. The lowest BCUT2D eigenvalue weighted by molar-refractivity contribution is -0.120. The summed E-state index contributed by atoms with van der Waals surface area (Å²) in [6.45, 7) is 0.115. The fourth-order valence-corrected chi connectivity index (χ4v) is 5.18. The molecule has 1 heterocycles. The van der Waals surface area contributed by atoms with Crippen LogP contribution in [0.15, 0.2) is 83.8 Å². The lowest BCUT2D eigenvalue weighted by atomic mass is 9.95. The third-order valence-electron chi connectivity index (χ3n) is 5.12. The van der Waals surface area contributed by atoms with Crippen LogP contribution in [0.25, 0.3) is 0 Å². The summed E-state index contributed by atoms with van der Waals surface area (Å²) in [5.41, 5.74) is 2.70. The Hall–Kier alpha value is -3.47. The number of rotatable bonds is 4. The zero-order valence-electron chi connectivity index (χ0n) is 16.0. The molecule has 1 N–H and O–H groups in total. The molecule has 30 heavy (non-hydrogen) atoms. The van der Waals surface area contributed by atoms with Gasteiger partial charge < -0.3 is 5.32 Å². The van der Waals surface area contributed by atoms with E-state index in [2.05, 4.69) is 5.32 Å². The van der Waals surface area contributed by atoms with Gasteiger partial charge in [0.25, 0.3) is 0 Å². The Morgan fingerprint density at radius 1 is 0.967 bits per heavy atom. The van der Waals surface area contributed by atoms with Crippen LogP contribution in [0.3, 0.4) is 0 Å². The minimum atomic E-state index is -3.88. The smallest absolute Gasteiger partial charge is 0.244 e.